The molecule has 1 aromatic carbocycles. The lowest BCUT2D eigenvalue weighted by Crippen LogP contribution is -2.21. The third-order valence-corrected chi connectivity index (χ3v) is 5.17. The Kier molecular flexibility index (Phi) is 4.84. The van der Waals surface area contributed by atoms with Gasteiger partial charge < -0.3 is 5.32 Å². The molecule has 0 spiro atoms. The molecule has 20 heavy (non-hydrogen) atoms. The fourth-order valence-electron chi connectivity index (χ4n) is 2.36. The summed E-state index contributed by atoms with van der Waals surface area (Å²) in [6.45, 7) is 8.50. The van der Waals surface area contributed by atoms with Gasteiger partial charge in [-0.3, -0.25) is 0 Å². The number of rotatable bonds is 4. The third-order valence-electron chi connectivity index (χ3n) is 3.39. The first-order chi connectivity index (χ1) is 9.45. The molecule has 0 fully saturated rings. The molecular weight excluding hydrogens is 293 g/mol. The summed E-state index contributed by atoms with van der Waals surface area (Å²) in [6, 6.07) is 3.83. The summed E-state index contributed by atoms with van der Waals surface area (Å²) in [5.74, 6) is -0.127. The normalized spacial score (nSPS) is 12.7. The maximum absolute atomic E-state index is 13.8. The molecule has 1 aromatic heterocycles. The van der Waals surface area contributed by atoms with Crippen LogP contribution in [0, 0.1) is 26.6 Å². The Bertz CT molecular complexity index is 598. The van der Waals surface area contributed by atoms with E-state index in [1.54, 1.807) is 25.2 Å². The fraction of sp³-hybridized carbons (Fsp3) is 0.375. The van der Waals surface area contributed by atoms with Crippen LogP contribution in [-0.2, 0) is 0 Å². The summed E-state index contributed by atoms with van der Waals surface area (Å²) in [4.78, 5) is 1.09. The fourth-order valence-corrected chi connectivity index (χ4v) is 3.76. The SMILES string of the molecule is CCNC(c1cc(C)c(F)c(C)c1)c1scc(C)c1Cl. The van der Waals surface area contributed by atoms with Crippen molar-refractivity contribution >= 4 is 22.9 Å². The summed E-state index contributed by atoms with van der Waals surface area (Å²) in [7, 11) is 0. The van der Waals surface area contributed by atoms with E-state index in [0.29, 0.717) is 11.1 Å². The van der Waals surface area contributed by atoms with E-state index in [-0.39, 0.29) is 11.9 Å². The average Bonchev–Trinajstić information content (AvgIpc) is 2.73. The summed E-state index contributed by atoms with van der Waals surface area (Å²) in [5.41, 5.74) is 3.50. The summed E-state index contributed by atoms with van der Waals surface area (Å²) in [6.07, 6.45) is 0. The summed E-state index contributed by atoms with van der Waals surface area (Å²) < 4.78 is 13.8. The summed E-state index contributed by atoms with van der Waals surface area (Å²) in [5, 5.41) is 6.31. The molecule has 0 saturated heterocycles. The Morgan fingerprint density at radius 1 is 1.20 bits per heavy atom. The van der Waals surface area contributed by atoms with Gasteiger partial charge in [0, 0.05) is 4.88 Å². The van der Waals surface area contributed by atoms with E-state index in [1.165, 1.54) is 0 Å². The molecule has 0 aliphatic carbocycles. The lowest BCUT2D eigenvalue weighted by atomic mass is 9.99. The van der Waals surface area contributed by atoms with Crippen molar-refractivity contribution in [2.75, 3.05) is 6.54 Å². The van der Waals surface area contributed by atoms with Gasteiger partial charge >= 0.3 is 0 Å². The van der Waals surface area contributed by atoms with E-state index in [2.05, 4.69) is 17.6 Å². The Morgan fingerprint density at radius 2 is 1.80 bits per heavy atom. The van der Waals surface area contributed by atoms with E-state index in [4.69, 9.17) is 11.6 Å². The first-order valence-corrected chi connectivity index (χ1v) is 7.95. The zero-order valence-electron chi connectivity index (χ0n) is 12.2. The van der Waals surface area contributed by atoms with Crippen molar-refractivity contribution in [2.45, 2.75) is 33.7 Å². The van der Waals surface area contributed by atoms with Gasteiger partial charge in [-0.2, -0.15) is 0 Å². The number of hydrogen-bond donors (Lipinski definition) is 1. The van der Waals surface area contributed by atoms with Gasteiger partial charge in [-0.25, -0.2) is 4.39 Å². The van der Waals surface area contributed by atoms with Crippen LogP contribution in [0.4, 0.5) is 4.39 Å². The van der Waals surface area contributed by atoms with Crippen LogP contribution in [0.2, 0.25) is 5.02 Å². The Morgan fingerprint density at radius 3 is 2.25 bits per heavy atom. The molecule has 108 valence electrons. The second-order valence-electron chi connectivity index (χ2n) is 5.06. The highest BCUT2D eigenvalue weighted by atomic mass is 35.5. The molecule has 0 saturated carbocycles. The smallest absolute Gasteiger partial charge is 0.129 e. The standard InChI is InChI=1S/C16H19ClFNS/c1-5-19-15(16-13(17)11(4)8-20-16)12-6-9(2)14(18)10(3)7-12/h6-8,15,19H,5H2,1-4H3. The van der Waals surface area contributed by atoms with Gasteiger partial charge in [0.05, 0.1) is 11.1 Å². The van der Waals surface area contributed by atoms with Crippen molar-refractivity contribution in [1.29, 1.82) is 0 Å². The zero-order chi connectivity index (χ0) is 14.9. The monoisotopic (exact) mass is 311 g/mol. The van der Waals surface area contributed by atoms with Crippen molar-refractivity contribution in [3.63, 3.8) is 0 Å². The van der Waals surface area contributed by atoms with Crippen LogP contribution in [0.15, 0.2) is 17.5 Å². The highest BCUT2D eigenvalue weighted by molar-refractivity contribution is 7.10. The van der Waals surface area contributed by atoms with Crippen LogP contribution >= 0.6 is 22.9 Å². The van der Waals surface area contributed by atoms with Crippen molar-refractivity contribution in [3.8, 4) is 0 Å². The molecule has 2 rings (SSSR count). The van der Waals surface area contributed by atoms with Gasteiger partial charge in [0.15, 0.2) is 0 Å². The van der Waals surface area contributed by atoms with Crippen molar-refractivity contribution in [3.05, 3.63) is 55.5 Å². The van der Waals surface area contributed by atoms with Crippen LogP contribution in [0.25, 0.3) is 0 Å². The topological polar surface area (TPSA) is 12.0 Å². The lowest BCUT2D eigenvalue weighted by Gasteiger charge is -2.19. The number of benzene rings is 1. The minimum absolute atomic E-state index is 0.0178. The molecule has 1 unspecified atom stereocenters. The molecule has 1 N–H and O–H groups in total. The van der Waals surface area contributed by atoms with Gasteiger partial charge in [-0.1, -0.05) is 30.7 Å². The first-order valence-electron chi connectivity index (χ1n) is 6.69. The molecule has 1 nitrogen and oxygen atoms in total. The van der Waals surface area contributed by atoms with Crippen LogP contribution < -0.4 is 5.32 Å². The van der Waals surface area contributed by atoms with Crippen LogP contribution in [-0.4, -0.2) is 6.54 Å². The van der Waals surface area contributed by atoms with Gasteiger partial charge in [-0.05, 0) is 54.9 Å². The van der Waals surface area contributed by atoms with Gasteiger partial charge in [0.25, 0.3) is 0 Å². The van der Waals surface area contributed by atoms with Gasteiger partial charge in [-0.15, -0.1) is 11.3 Å². The van der Waals surface area contributed by atoms with Crippen LogP contribution in [0.5, 0.6) is 0 Å². The third kappa shape index (κ3) is 2.90. The van der Waals surface area contributed by atoms with Crippen LogP contribution in [0.1, 0.15) is 40.1 Å². The largest absolute Gasteiger partial charge is 0.306 e. The van der Waals surface area contributed by atoms with Crippen molar-refractivity contribution in [2.24, 2.45) is 0 Å². The van der Waals surface area contributed by atoms with Gasteiger partial charge in [0.2, 0.25) is 0 Å². The molecule has 0 amide bonds. The molecule has 1 atom stereocenters. The number of thiophene rings is 1. The van der Waals surface area contributed by atoms with E-state index in [0.717, 1.165) is 27.6 Å². The maximum Gasteiger partial charge on any atom is 0.129 e. The molecule has 2 aromatic rings. The Hall–Kier alpha value is -0.900. The maximum atomic E-state index is 13.8. The predicted octanol–water partition coefficient (Wildman–Crippen LogP) is 5.16. The number of hydrogen-bond acceptors (Lipinski definition) is 2. The highest BCUT2D eigenvalue weighted by Gasteiger charge is 2.20. The molecule has 4 heteroatoms. The number of nitrogens with one attached hydrogen (secondary N) is 1. The highest BCUT2D eigenvalue weighted by Crippen LogP contribution is 2.36. The first kappa shape index (κ1) is 15.5. The predicted molar refractivity (Wildman–Crippen MR) is 85.5 cm³/mol. The second-order valence-corrected chi connectivity index (χ2v) is 6.35. The molecule has 1 heterocycles. The quantitative estimate of drug-likeness (QED) is 0.822. The van der Waals surface area contributed by atoms with Crippen molar-refractivity contribution < 1.29 is 4.39 Å². The van der Waals surface area contributed by atoms with Crippen LogP contribution in [0.3, 0.4) is 0 Å². The average molecular weight is 312 g/mol. The Balaban J connectivity index is 2.51. The van der Waals surface area contributed by atoms with Crippen molar-refractivity contribution in [1.82, 2.24) is 5.32 Å². The van der Waals surface area contributed by atoms with E-state index < -0.39 is 0 Å². The second kappa shape index (κ2) is 6.25. The minimum atomic E-state index is -0.127. The molecule has 0 bridgehead atoms. The Labute approximate surface area is 128 Å². The van der Waals surface area contributed by atoms with Gasteiger partial charge in [0.1, 0.15) is 5.82 Å². The minimum Gasteiger partial charge on any atom is -0.306 e. The molecule has 0 aliphatic heterocycles. The zero-order valence-corrected chi connectivity index (χ0v) is 13.8. The number of aryl methyl sites for hydroxylation is 3. The van der Waals surface area contributed by atoms with E-state index in [9.17, 15) is 4.39 Å². The summed E-state index contributed by atoms with van der Waals surface area (Å²) >= 11 is 8.04. The van der Waals surface area contributed by atoms with E-state index in [1.807, 2.05) is 19.1 Å². The number of halogens is 2. The lowest BCUT2D eigenvalue weighted by molar-refractivity contribution is 0.600. The molecule has 0 radical (unpaired) electrons. The molecule has 0 aliphatic rings. The van der Waals surface area contributed by atoms with E-state index >= 15 is 0 Å². The molecular formula is C16H19ClFNS.